The average Bonchev–Trinajstić information content (AvgIpc) is 2.69. The molecule has 7 nitrogen and oxygen atoms in total. The standard InChI is InChI=1S/C20H21NO6/c21-20(12-11-17(22)23,18(24)26-13-15-7-3-1-4-8-15)19(25)27-14-16-9-5-2-6-10-16/h1-10H,11-14,21H2,(H,22,23). The van der Waals surface area contributed by atoms with Crippen LogP contribution in [0.3, 0.4) is 0 Å². The summed E-state index contributed by atoms with van der Waals surface area (Å²) in [6, 6.07) is 17.7. The number of benzene rings is 2. The van der Waals surface area contributed by atoms with Gasteiger partial charge in [-0.05, 0) is 17.5 Å². The zero-order valence-electron chi connectivity index (χ0n) is 14.7. The van der Waals surface area contributed by atoms with Crippen LogP contribution in [0.15, 0.2) is 60.7 Å². The van der Waals surface area contributed by atoms with Crippen molar-refractivity contribution in [1.82, 2.24) is 0 Å². The van der Waals surface area contributed by atoms with E-state index < -0.39 is 36.3 Å². The minimum atomic E-state index is -2.19. The van der Waals surface area contributed by atoms with E-state index in [-0.39, 0.29) is 13.2 Å². The predicted octanol–water partition coefficient (Wildman–Crippen LogP) is 2.04. The molecule has 0 aliphatic heterocycles. The third kappa shape index (κ3) is 5.93. The molecule has 2 rings (SSSR count). The normalized spacial score (nSPS) is 10.9. The van der Waals surface area contributed by atoms with Gasteiger partial charge in [0.25, 0.3) is 0 Å². The fourth-order valence-corrected chi connectivity index (χ4v) is 2.30. The van der Waals surface area contributed by atoms with Gasteiger partial charge in [0.1, 0.15) is 13.2 Å². The highest BCUT2D eigenvalue weighted by atomic mass is 16.6. The minimum Gasteiger partial charge on any atom is -0.481 e. The first-order valence-corrected chi connectivity index (χ1v) is 8.35. The van der Waals surface area contributed by atoms with Gasteiger partial charge in [-0.3, -0.25) is 4.79 Å². The van der Waals surface area contributed by atoms with Gasteiger partial charge < -0.3 is 20.3 Å². The lowest BCUT2D eigenvalue weighted by atomic mass is 9.94. The number of ether oxygens (including phenoxy) is 2. The van der Waals surface area contributed by atoms with Gasteiger partial charge in [-0.25, -0.2) is 9.59 Å². The molecule has 0 saturated carbocycles. The maximum absolute atomic E-state index is 12.5. The van der Waals surface area contributed by atoms with Gasteiger partial charge in [-0.2, -0.15) is 0 Å². The van der Waals surface area contributed by atoms with Gasteiger partial charge in [0.05, 0.1) is 0 Å². The molecule has 0 atom stereocenters. The average molecular weight is 371 g/mol. The Labute approximate surface area is 156 Å². The van der Waals surface area contributed by atoms with E-state index in [9.17, 15) is 14.4 Å². The first kappa shape index (κ1) is 20.1. The molecular formula is C20H21NO6. The summed E-state index contributed by atoms with van der Waals surface area (Å²) >= 11 is 0. The number of esters is 2. The molecule has 0 bridgehead atoms. The topological polar surface area (TPSA) is 116 Å². The van der Waals surface area contributed by atoms with Crippen LogP contribution in [0.5, 0.6) is 0 Å². The number of hydrogen-bond donors (Lipinski definition) is 2. The van der Waals surface area contributed by atoms with Crippen molar-refractivity contribution in [3.8, 4) is 0 Å². The predicted molar refractivity (Wildman–Crippen MR) is 96.3 cm³/mol. The SMILES string of the molecule is NC(CCC(=O)O)(C(=O)OCc1ccccc1)C(=O)OCc1ccccc1. The zero-order chi connectivity index (χ0) is 19.7. The summed E-state index contributed by atoms with van der Waals surface area (Å²) in [6.07, 6.45) is -0.902. The monoisotopic (exact) mass is 371 g/mol. The third-order valence-electron chi connectivity index (χ3n) is 3.89. The second-order valence-electron chi connectivity index (χ2n) is 5.99. The van der Waals surface area contributed by atoms with Crippen molar-refractivity contribution in [3.05, 3.63) is 71.8 Å². The fraction of sp³-hybridized carbons (Fsp3) is 0.250. The van der Waals surface area contributed by atoms with Gasteiger partial charge >= 0.3 is 17.9 Å². The molecule has 0 spiro atoms. The van der Waals surface area contributed by atoms with Crippen molar-refractivity contribution in [2.24, 2.45) is 5.73 Å². The number of hydrogen-bond acceptors (Lipinski definition) is 6. The lowest BCUT2D eigenvalue weighted by Crippen LogP contribution is -2.56. The number of rotatable bonds is 9. The number of aliphatic carboxylic acids is 1. The van der Waals surface area contributed by atoms with Crippen LogP contribution >= 0.6 is 0 Å². The minimum absolute atomic E-state index is 0.0857. The number of nitrogens with two attached hydrogens (primary N) is 1. The van der Waals surface area contributed by atoms with Crippen molar-refractivity contribution < 1.29 is 29.0 Å². The Morgan fingerprint density at radius 1 is 0.815 bits per heavy atom. The van der Waals surface area contributed by atoms with Crippen LogP contribution < -0.4 is 5.73 Å². The summed E-state index contributed by atoms with van der Waals surface area (Å²) in [5.74, 6) is -3.23. The van der Waals surface area contributed by atoms with E-state index in [4.69, 9.17) is 20.3 Å². The van der Waals surface area contributed by atoms with Crippen LogP contribution in [0, 0.1) is 0 Å². The number of carbonyl (C=O) groups excluding carboxylic acids is 2. The Bertz CT molecular complexity index is 720. The van der Waals surface area contributed by atoms with Gasteiger partial charge in [-0.15, -0.1) is 0 Å². The first-order chi connectivity index (χ1) is 12.9. The van der Waals surface area contributed by atoms with Gasteiger partial charge in [0.15, 0.2) is 0 Å². The summed E-state index contributed by atoms with van der Waals surface area (Å²) in [6.45, 7) is -0.171. The second kappa shape index (κ2) is 9.49. The van der Waals surface area contributed by atoms with E-state index in [1.54, 1.807) is 48.5 Å². The Morgan fingerprint density at radius 2 is 1.22 bits per heavy atom. The fourth-order valence-electron chi connectivity index (χ4n) is 2.30. The van der Waals surface area contributed by atoms with E-state index >= 15 is 0 Å². The highest BCUT2D eigenvalue weighted by Crippen LogP contribution is 2.17. The van der Waals surface area contributed by atoms with Crippen molar-refractivity contribution in [2.45, 2.75) is 31.6 Å². The highest BCUT2D eigenvalue weighted by molar-refractivity contribution is 6.05. The lowest BCUT2D eigenvalue weighted by molar-refractivity contribution is -0.166. The second-order valence-corrected chi connectivity index (χ2v) is 5.99. The maximum atomic E-state index is 12.5. The first-order valence-electron chi connectivity index (χ1n) is 8.35. The molecule has 0 aromatic heterocycles. The van der Waals surface area contributed by atoms with E-state index in [0.29, 0.717) is 11.1 Å². The molecule has 0 unspecified atom stereocenters. The number of carboxylic acids is 1. The Balaban J connectivity index is 2.05. The zero-order valence-corrected chi connectivity index (χ0v) is 14.7. The van der Waals surface area contributed by atoms with Gasteiger partial charge in [-0.1, -0.05) is 60.7 Å². The van der Waals surface area contributed by atoms with Crippen molar-refractivity contribution >= 4 is 17.9 Å². The molecule has 0 saturated heterocycles. The van der Waals surface area contributed by atoms with Crippen LogP contribution in [-0.2, 0) is 37.1 Å². The largest absolute Gasteiger partial charge is 0.481 e. The van der Waals surface area contributed by atoms with Gasteiger partial charge in [0, 0.05) is 6.42 Å². The summed E-state index contributed by atoms with van der Waals surface area (Å²) in [4.78, 5) is 35.8. The van der Waals surface area contributed by atoms with E-state index in [1.807, 2.05) is 12.1 Å². The smallest absolute Gasteiger partial charge is 0.338 e. The lowest BCUT2D eigenvalue weighted by Gasteiger charge is -2.24. The van der Waals surface area contributed by atoms with Crippen molar-refractivity contribution in [1.29, 1.82) is 0 Å². The van der Waals surface area contributed by atoms with E-state index in [2.05, 4.69) is 0 Å². The molecule has 0 aliphatic carbocycles. The van der Waals surface area contributed by atoms with Crippen LogP contribution in [0.4, 0.5) is 0 Å². The van der Waals surface area contributed by atoms with E-state index in [0.717, 1.165) is 0 Å². The molecule has 27 heavy (non-hydrogen) atoms. The summed E-state index contributed by atoms with van der Waals surface area (Å²) in [5.41, 5.74) is 5.18. The molecule has 0 fully saturated rings. The Morgan fingerprint density at radius 3 is 1.59 bits per heavy atom. The summed E-state index contributed by atoms with van der Waals surface area (Å²) in [5, 5.41) is 8.90. The molecule has 0 heterocycles. The Hall–Kier alpha value is -3.19. The van der Waals surface area contributed by atoms with Crippen molar-refractivity contribution in [2.75, 3.05) is 0 Å². The molecule has 0 amide bonds. The maximum Gasteiger partial charge on any atom is 0.338 e. The van der Waals surface area contributed by atoms with Crippen LogP contribution in [0.2, 0.25) is 0 Å². The molecule has 2 aromatic rings. The van der Waals surface area contributed by atoms with Crippen molar-refractivity contribution in [3.63, 3.8) is 0 Å². The molecule has 7 heteroatoms. The molecule has 0 aliphatic rings. The van der Waals surface area contributed by atoms with Gasteiger partial charge in [0.2, 0.25) is 5.54 Å². The molecule has 2 aromatic carbocycles. The van der Waals surface area contributed by atoms with E-state index in [1.165, 1.54) is 0 Å². The molecule has 3 N–H and O–H groups in total. The third-order valence-corrected chi connectivity index (χ3v) is 3.89. The number of carbonyl (C=O) groups is 3. The molecular weight excluding hydrogens is 350 g/mol. The quantitative estimate of drug-likeness (QED) is 0.512. The summed E-state index contributed by atoms with van der Waals surface area (Å²) in [7, 11) is 0. The molecule has 142 valence electrons. The van der Waals surface area contributed by atoms with Crippen LogP contribution in [0.1, 0.15) is 24.0 Å². The summed E-state index contributed by atoms with van der Waals surface area (Å²) < 4.78 is 10.3. The molecule has 0 radical (unpaired) electrons. The number of carboxylic acid groups (broad SMARTS) is 1. The Kier molecular flexibility index (Phi) is 7.08. The van der Waals surface area contributed by atoms with Crippen LogP contribution in [0.25, 0.3) is 0 Å². The highest BCUT2D eigenvalue weighted by Gasteiger charge is 2.45. The van der Waals surface area contributed by atoms with Crippen LogP contribution in [-0.4, -0.2) is 28.6 Å².